The summed E-state index contributed by atoms with van der Waals surface area (Å²) >= 11 is 0. The molecular formula is C23H27N5O2. The van der Waals surface area contributed by atoms with Gasteiger partial charge in [0.1, 0.15) is 29.8 Å². The van der Waals surface area contributed by atoms with E-state index >= 15 is 0 Å². The molecule has 1 saturated carbocycles. The van der Waals surface area contributed by atoms with E-state index in [-0.39, 0.29) is 11.3 Å². The van der Waals surface area contributed by atoms with Crippen LogP contribution in [0.15, 0.2) is 18.2 Å². The van der Waals surface area contributed by atoms with Crippen LogP contribution >= 0.6 is 0 Å². The number of ether oxygens (including phenoxy) is 1. The van der Waals surface area contributed by atoms with Crippen LogP contribution in [0.3, 0.4) is 0 Å². The molecule has 0 amide bonds. The lowest BCUT2D eigenvalue weighted by atomic mass is 10.1. The van der Waals surface area contributed by atoms with E-state index in [1.54, 1.807) is 10.6 Å². The van der Waals surface area contributed by atoms with E-state index in [1.165, 1.54) is 0 Å². The number of nitriles is 1. The van der Waals surface area contributed by atoms with Crippen LogP contribution in [-0.2, 0) is 0 Å². The van der Waals surface area contributed by atoms with Crippen molar-refractivity contribution in [3.8, 4) is 23.4 Å². The van der Waals surface area contributed by atoms with Crippen molar-refractivity contribution in [3.05, 3.63) is 40.5 Å². The Kier molecular flexibility index (Phi) is 4.63. The van der Waals surface area contributed by atoms with Crippen molar-refractivity contribution in [1.29, 1.82) is 5.26 Å². The van der Waals surface area contributed by atoms with Crippen molar-refractivity contribution in [2.24, 2.45) is 0 Å². The van der Waals surface area contributed by atoms with Crippen LogP contribution in [0.5, 0.6) is 11.6 Å². The second kappa shape index (κ2) is 6.92. The zero-order valence-corrected chi connectivity index (χ0v) is 18.1. The Balaban J connectivity index is 1.90. The number of phenolic OH excluding ortho intramolecular Hbond substituents is 1. The molecule has 1 aliphatic rings. The number of fused-ring (bicyclic) bond motifs is 1. The van der Waals surface area contributed by atoms with E-state index in [0.29, 0.717) is 40.5 Å². The van der Waals surface area contributed by atoms with E-state index in [0.717, 1.165) is 29.7 Å². The molecule has 1 aromatic carbocycles. The summed E-state index contributed by atoms with van der Waals surface area (Å²) in [4.78, 5) is 7.00. The van der Waals surface area contributed by atoms with E-state index in [4.69, 9.17) is 15.5 Å². The smallest absolute Gasteiger partial charge is 0.218 e. The summed E-state index contributed by atoms with van der Waals surface area (Å²) in [7, 11) is 4.14. The van der Waals surface area contributed by atoms with Crippen molar-refractivity contribution < 1.29 is 9.84 Å². The van der Waals surface area contributed by atoms with Gasteiger partial charge >= 0.3 is 0 Å². The highest BCUT2D eigenvalue weighted by molar-refractivity contribution is 5.92. The van der Waals surface area contributed by atoms with Gasteiger partial charge in [-0.2, -0.15) is 10.2 Å². The summed E-state index contributed by atoms with van der Waals surface area (Å²) in [6.45, 7) is 6.26. The fraction of sp³-hybridized carbons (Fsp3) is 0.391. The average Bonchev–Trinajstić information content (AvgIpc) is 3.45. The predicted octanol–water partition coefficient (Wildman–Crippen LogP) is 3.58. The molecule has 0 aliphatic heterocycles. The number of aromatic nitrogens is 2. The molecular weight excluding hydrogens is 378 g/mol. The molecule has 7 nitrogen and oxygen atoms in total. The molecule has 156 valence electrons. The molecule has 7 heteroatoms. The van der Waals surface area contributed by atoms with E-state index in [9.17, 15) is 10.4 Å². The third kappa shape index (κ3) is 2.96. The minimum Gasteiger partial charge on any atom is -0.508 e. The number of pyridine rings is 1. The second-order valence-electron chi connectivity index (χ2n) is 8.47. The van der Waals surface area contributed by atoms with E-state index in [1.807, 2.05) is 32.9 Å². The highest BCUT2D eigenvalue weighted by Gasteiger charge is 2.45. The fourth-order valence-corrected chi connectivity index (χ4v) is 4.03. The van der Waals surface area contributed by atoms with Crippen LogP contribution in [0, 0.1) is 32.1 Å². The average molecular weight is 406 g/mol. The molecule has 0 atom stereocenters. The number of nitrogens with two attached hydrogens (primary N) is 1. The zero-order chi connectivity index (χ0) is 21.8. The topological polar surface area (TPSA) is 100 Å². The Bertz CT molecular complexity index is 1200. The first-order valence-corrected chi connectivity index (χ1v) is 10.0. The number of nitrogens with zero attached hydrogens (tertiary/aromatic N) is 4. The summed E-state index contributed by atoms with van der Waals surface area (Å²) in [5.41, 5.74) is 10.6. The minimum atomic E-state index is 0.0698. The SMILES string of the molecule is Cc1cc2c(C#N)c(N)n(-c3c(C)ccc(O)c3C)c2nc1OCC1(N(C)C)CC1. The molecule has 4 rings (SSSR count). The van der Waals surface area contributed by atoms with Crippen molar-refractivity contribution in [3.63, 3.8) is 0 Å². The maximum absolute atomic E-state index is 10.3. The molecule has 0 saturated heterocycles. The van der Waals surface area contributed by atoms with Crippen LogP contribution in [0.4, 0.5) is 5.82 Å². The quantitative estimate of drug-likeness (QED) is 0.673. The monoisotopic (exact) mass is 405 g/mol. The molecule has 1 aliphatic carbocycles. The van der Waals surface area contributed by atoms with Gasteiger partial charge in [-0.3, -0.25) is 4.57 Å². The van der Waals surface area contributed by atoms with Gasteiger partial charge in [-0.05, 0) is 65.4 Å². The first kappa shape index (κ1) is 20.0. The van der Waals surface area contributed by atoms with E-state index < -0.39 is 0 Å². The lowest BCUT2D eigenvalue weighted by Gasteiger charge is -2.24. The van der Waals surface area contributed by atoms with Crippen LogP contribution in [-0.4, -0.2) is 45.8 Å². The highest BCUT2D eigenvalue weighted by Crippen LogP contribution is 2.41. The molecule has 0 bridgehead atoms. The molecule has 30 heavy (non-hydrogen) atoms. The van der Waals surface area contributed by atoms with Gasteiger partial charge in [0.15, 0.2) is 5.65 Å². The van der Waals surface area contributed by atoms with Gasteiger partial charge in [0.2, 0.25) is 5.88 Å². The number of nitrogen functional groups attached to an aromatic ring is 1. The molecule has 2 heterocycles. The summed E-state index contributed by atoms with van der Waals surface area (Å²) in [5.74, 6) is 1.01. The zero-order valence-electron chi connectivity index (χ0n) is 18.1. The number of anilines is 1. The van der Waals surface area contributed by atoms with Gasteiger partial charge < -0.3 is 20.5 Å². The van der Waals surface area contributed by atoms with Gasteiger partial charge in [0, 0.05) is 16.5 Å². The standard InChI is InChI=1S/C23H27N5O2/c1-13-6-7-18(29)15(3)19(13)28-20(25)17(11-24)16-10-14(2)22(26-21(16)28)30-12-23(8-9-23)27(4)5/h6-7,10,29H,8-9,12,25H2,1-5H3. The number of benzene rings is 1. The van der Waals surface area contributed by atoms with Crippen molar-refractivity contribution in [2.45, 2.75) is 39.2 Å². The number of hydrogen-bond acceptors (Lipinski definition) is 6. The number of phenols is 1. The molecule has 1 fully saturated rings. The second-order valence-corrected chi connectivity index (χ2v) is 8.47. The number of rotatable bonds is 5. The van der Waals surface area contributed by atoms with Crippen molar-refractivity contribution in [2.75, 3.05) is 26.4 Å². The number of aryl methyl sites for hydroxylation is 2. The molecule has 2 aromatic heterocycles. The Morgan fingerprint density at radius 1 is 1.27 bits per heavy atom. The lowest BCUT2D eigenvalue weighted by molar-refractivity contribution is 0.163. The third-order valence-corrected chi connectivity index (χ3v) is 6.32. The van der Waals surface area contributed by atoms with E-state index in [2.05, 4.69) is 25.1 Å². The first-order valence-electron chi connectivity index (χ1n) is 10.0. The van der Waals surface area contributed by atoms with Gasteiger partial charge in [-0.25, -0.2) is 0 Å². The van der Waals surface area contributed by atoms with Crippen LogP contribution in [0.2, 0.25) is 0 Å². The van der Waals surface area contributed by atoms with Gasteiger partial charge in [0.05, 0.1) is 11.2 Å². The Morgan fingerprint density at radius 3 is 2.57 bits per heavy atom. The number of likely N-dealkylation sites (N-methyl/N-ethyl adjacent to an activating group) is 1. The normalized spacial score (nSPS) is 14.8. The fourth-order valence-electron chi connectivity index (χ4n) is 4.03. The van der Waals surface area contributed by atoms with Crippen LogP contribution in [0.25, 0.3) is 16.7 Å². The summed E-state index contributed by atoms with van der Waals surface area (Å²) in [6.07, 6.45) is 2.20. The number of aromatic hydroxyl groups is 1. The molecule has 0 radical (unpaired) electrons. The minimum absolute atomic E-state index is 0.0698. The summed E-state index contributed by atoms with van der Waals surface area (Å²) in [5, 5.41) is 20.7. The Labute approximate surface area is 176 Å². The molecule has 3 N–H and O–H groups in total. The highest BCUT2D eigenvalue weighted by atomic mass is 16.5. The van der Waals surface area contributed by atoms with Gasteiger partial charge in [-0.1, -0.05) is 6.07 Å². The largest absolute Gasteiger partial charge is 0.508 e. The maximum Gasteiger partial charge on any atom is 0.218 e. The third-order valence-electron chi connectivity index (χ3n) is 6.32. The Morgan fingerprint density at radius 2 is 1.97 bits per heavy atom. The summed E-state index contributed by atoms with van der Waals surface area (Å²) < 4.78 is 7.91. The molecule has 0 unspecified atom stereocenters. The van der Waals surface area contributed by atoms with Gasteiger partial charge in [-0.15, -0.1) is 0 Å². The molecule has 3 aromatic rings. The van der Waals surface area contributed by atoms with Gasteiger partial charge in [0.25, 0.3) is 0 Å². The summed E-state index contributed by atoms with van der Waals surface area (Å²) in [6, 6.07) is 7.61. The van der Waals surface area contributed by atoms with Crippen molar-refractivity contribution >= 4 is 16.9 Å². The molecule has 0 spiro atoms. The predicted molar refractivity (Wildman–Crippen MR) is 117 cm³/mol. The van der Waals surface area contributed by atoms with Crippen LogP contribution in [0.1, 0.15) is 35.1 Å². The maximum atomic E-state index is 10.3. The number of hydrogen-bond donors (Lipinski definition) is 2. The van der Waals surface area contributed by atoms with Crippen molar-refractivity contribution in [1.82, 2.24) is 14.5 Å². The lowest BCUT2D eigenvalue weighted by Crippen LogP contribution is -2.36. The Hall–Kier alpha value is -3.24. The first-order chi connectivity index (χ1) is 14.2. The van der Waals surface area contributed by atoms with Crippen LogP contribution < -0.4 is 10.5 Å².